The molecule has 1 aliphatic heterocycles. The average Bonchev–Trinajstić information content (AvgIpc) is 1.77. The van der Waals surface area contributed by atoms with Gasteiger partial charge in [0.1, 0.15) is 0 Å². The van der Waals surface area contributed by atoms with E-state index < -0.39 is 0 Å². The maximum absolute atomic E-state index is 5.24. The van der Waals surface area contributed by atoms with E-state index in [-0.39, 0.29) is 0 Å². The molecule has 0 atom stereocenters. The van der Waals surface area contributed by atoms with Gasteiger partial charge in [-0.3, -0.25) is 0 Å². The third kappa shape index (κ3) is 2.42. The summed E-state index contributed by atoms with van der Waals surface area (Å²) in [5.74, 6) is 0. The number of alkyl halides is 1. The van der Waals surface area contributed by atoms with E-state index >= 15 is 0 Å². The summed E-state index contributed by atoms with van der Waals surface area (Å²) in [7, 11) is 6.67. The van der Waals surface area contributed by atoms with Crippen LogP contribution >= 0.6 is 15.9 Å². The van der Waals surface area contributed by atoms with Crippen LogP contribution in [0.4, 0.5) is 0 Å². The molecule has 66 valence electrons. The van der Waals surface area contributed by atoms with Crippen molar-refractivity contribution in [3.8, 4) is 0 Å². The molecule has 0 spiro atoms. The Morgan fingerprint density at radius 2 is 1.91 bits per heavy atom. The van der Waals surface area contributed by atoms with Gasteiger partial charge in [-0.1, -0.05) is 15.9 Å². The van der Waals surface area contributed by atoms with Gasteiger partial charge in [0.25, 0.3) is 0 Å². The second-order valence-corrected chi connectivity index (χ2v) is 5.14. The number of quaternary nitrogens is 1. The summed E-state index contributed by atoms with van der Waals surface area (Å²) in [5.41, 5.74) is 0.415. The highest BCUT2D eigenvalue weighted by Gasteiger charge is 2.42. The van der Waals surface area contributed by atoms with Gasteiger partial charge in [0.15, 0.2) is 0 Å². The van der Waals surface area contributed by atoms with Crippen LogP contribution in [-0.4, -0.2) is 50.7 Å². The van der Waals surface area contributed by atoms with Gasteiger partial charge in [0.05, 0.1) is 46.3 Å². The molecule has 11 heavy (non-hydrogen) atoms. The second kappa shape index (κ2) is 3.04. The molecule has 0 amide bonds. The van der Waals surface area contributed by atoms with Gasteiger partial charge < -0.3 is 9.22 Å². The lowest BCUT2D eigenvalue weighted by molar-refractivity contribution is -0.878. The minimum atomic E-state index is 0.415. The zero-order valence-electron chi connectivity index (χ0n) is 7.56. The van der Waals surface area contributed by atoms with E-state index in [1.54, 1.807) is 0 Å². The molecule has 0 aromatic heterocycles. The van der Waals surface area contributed by atoms with Gasteiger partial charge >= 0.3 is 0 Å². The minimum Gasteiger partial charge on any atom is -0.380 e. The molecule has 0 aliphatic carbocycles. The van der Waals surface area contributed by atoms with Crippen LogP contribution in [-0.2, 0) is 4.74 Å². The monoisotopic (exact) mass is 222 g/mol. The van der Waals surface area contributed by atoms with Crippen LogP contribution in [0.15, 0.2) is 0 Å². The lowest BCUT2D eigenvalue weighted by atomic mass is 9.87. The molecule has 1 fully saturated rings. The molecule has 0 N–H and O–H groups in total. The first-order chi connectivity index (χ1) is 4.97. The van der Waals surface area contributed by atoms with Crippen molar-refractivity contribution < 1.29 is 9.22 Å². The normalized spacial score (nSPS) is 22.9. The number of rotatable bonds is 3. The molecule has 1 aliphatic rings. The summed E-state index contributed by atoms with van der Waals surface area (Å²) in [4.78, 5) is 0. The van der Waals surface area contributed by atoms with Crippen LogP contribution in [0.25, 0.3) is 0 Å². The van der Waals surface area contributed by atoms with E-state index in [4.69, 9.17) is 4.74 Å². The highest BCUT2D eigenvalue weighted by Crippen LogP contribution is 2.31. The molecule has 0 saturated carbocycles. The molecular formula is C8H17BrNO+. The lowest BCUT2D eigenvalue weighted by Gasteiger charge is -2.43. The zero-order chi connectivity index (χ0) is 8.54. The van der Waals surface area contributed by atoms with Crippen molar-refractivity contribution in [3.05, 3.63) is 0 Å². The fraction of sp³-hybridized carbons (Fsp3) is 1.00. The largest absolute Gasteiger partial charge is 0.380 e. The van der Waals surface area contributed by atoms with Gasteiger partial charge in [0.2, 0.25) is 0 Å². The Labute approximate surface area is 77.2 Å². The van der Waals surface area contributed by atoms with Crippen molar-refractivity contribution in [2.24, 2.45) is 5.41 Å². The lowest BCUT2D eigenvalue weighted by Crippen LogP contribution is -2.55. The Bertz CT molecular complexity index is 132. The highest BCUT2D eigenvalue weighted by atomic mass is 79.9. The first kappa shape index (κ1) is 9.49. The van der Waals surface area contributed by atoms with Crippen LogP contribution in [0.2, 0.25) is 0 Å². The summed E-state index contributed by atoms with van der Waals surface area (Å²) < 4.78 is 6.26. The third-order valence-electron chi connectivity index (χ3n) is 1.91. The van der Waals surface area contributed by atoms with Crippen molar-refractivity contribution in [2.75, 3.05) is 46.2 Å². The Hall–Kier alpha value is 0.400. The van der Waals surface area contributed by atoms with Crippen LogP contribution in [0, 0.1) is 5.41 Å². The van der Waals surface area contributed by atoms with Crippen molar-refractivity contribution in [1.82, 2.24) is 0 Å². The fourth-order valence-corrected chi connectivity index (χ4v) is 2.11. The van der Waals surface area contributed by atoms with Crippen molar-refractivity contribution in [1.29, 1.82) is 0 Å². The summed E-state index contributed by atoms with van der Waals surface area (Å²) in [6.45, 7) is 3.04. The molecule has 0 unspecified atom stereocenters. The van der Waals surface area contributed by atoms with Crippen LogP contribution in [0.1, 0.15) is 0 Å². The van der Waals surface area contributed by atoms with Crippen molar-refractivity contribution >= 4 is 15.9 Å². The Morgan fingerprint density at radius 1 is 1.36 bits per heavy atom. The number of hydrogen-bond donors (Lipinski definition) is 0. The van der Waals surface area contributed by atoms with E-state index in [0.717, 1.165) is 23.0 Å². The first-order valence-electron chi connectivity index (χ1n) is 3.92. The van der Waals surface area contributed by atoms with Gasteiger partial charge in [0, 0.05) is 5.33 Å². The van der Waals surface area contributed by atoms with Gasteiger partial charge in [-0.2, -0.15) is 0 Å². The maximum Gasteiger partial charge on any atom is 0.0890 e. The number of halogens is 1. The molecular weight excluding hydrogens is 206 g/mol. The predicted molar refractivity (Wildman–Crippen MR) is 49.9 cm³/mol. The zero-order valence-corrected chi connectivity index (χ0v) is 9.15. The van der Waals surface area contributed by atoms with Gasteiger partial charge in [-0.15, -0.1) is 0 Å². The summed E-state index contributed by atoms with van der Waals surface area (Å²) in [6.07, 6.45) is 0. The van der Waals surface area contributed by atoms with E-state index in [9.17, 15) is 0 Å². The quantitative estimate of drug-likeness (QED) is 0.514. The Morgan fingerprint density at radius 3 is 2.00 bits per heavy atom. The average molecular weight is 223 g/mol. The molecule has 1 rings (SSSR count). The Balaban J connectivity index is 2.45. The minimum absolute atomic E-state index is 0.415. The number of hydrogen-bond acceptors (Lipinski definition) is 1. The summed E-state index contributed by atoms with van der Waals surface area (Å²) in [5, 5.41) is 1.06. The Kier molecular flexibility index (Phi) is 2.62. The molecule has 2 nitrogen and oxygen atoms in total. The van der Waals surface area contributed by atoms with Crippen molar-refractivity contribution in [2.45, 2.75) is 0 Å². The van der Waals surface area contributed by atoms with E-state index in [1.165, 1.54) is 6.54 Å². The predicted octanol–water partition coefficient (Wildman–Crippen LogP) is 1.10. The van der Waals surface area contributed by atoms with Crippen LogP contribution in [0.3, 0.4) is 0 Å². The number of nitrogens with zero attached hydrogens (tertiary/aromatic N) is 1. The molecule has 0 aromatic rings. The third-order valence-corrected chi connectivity index (χ3v) is 3.10. The van der Waals surface area contributed by atoms with Crippen LogP contribution < -0.4 is 0 Å². The van der Waals surface area contributed by atoms with E-state index in [2.05, 4.69) is 37.1 Å². The van der Waals surface area contributed by atoms with Crippen molar-refractivity contribution in [3.63, 3.8) is 0 Å². The number of ether oxygens (including phenoxy) is 1. The van der Waals surface area contributed by atoms with Gasteiger partial charge in [-0.05, 0) is 0 Å². The summed E-state index contributed by atoms with van der Waals surface area (Å²) >= 11 is 3.55. The second-order valence-electron chi connectivity index (χ2n) is 4.57. The highest BCUT2D eigenvalue weighted by molar-refractivity contribution is 9.09. The SMILES string of the molecule is C[N+](C)(C)CC1(CBr)COC1. The fourth-order valence-electron chi connectivity index (χ4n) is 1.61. The topological polar surface area (TPSA) is 9.23 Å². The molecule has 0 radical (unpaired) electrons. The molecule has 1 heterocycles. The smallest absolute Gasteiger partial charge is 0.0890 e. The molecule has 0 aromatic carbocycles. The first-order valence-corrected chi connectivity index (χ1v) is 5.04. The molecule has 1 saturated heterocycles. The standard InChI is InChI=1S/C8H17BrNO/c1-10(2,3)5-8(4-9)6-11-7-8/h4-7H2,1-3H3/q+1. The summed E-state index contributed by atoms with van der Waals surface area (Å²) in [6, 6.07) is 0. The van der Waals surface area contributed by atoms with Crippen LogP contribution in [0.5, 0.6) is 0 Å². The van der Waals surface area contributed by atoms with Gasteiger partial charge in [-0.25, -0.2) is 0 Å². The van der Waals surface area contributed by atoms with E-state index in [0.29, 0.717) is 5.41 Å². The van der Waals surface area contributed by atoms with E-state index in [1.807, 2.05) is 0 Å². The molecule has 3 heteroatoms. The molecule has 0 bridgehead atoms. The maximum atomic E-state index is 5.24.